The molecule has 0 aliphatic rings. The fourth-order valence-electron chi connectivity index (χ4n) is 3.92. The van der Waals surface area contributed by atoms with Gasteiger partial charge in [-0.1, -0.05) is 61.9 Å². The second kappa shape index (κ2) is 8.94. The van der Waals surface area contributed by atoms with Crippen molar-refractivity contribution < 1.29 is 0 Å². The lowest BCUT2D eigenvalue weighted by Crippen LogP contribution is -2.34. The second-order valence-corrected chi connectivity index (χ2v) is 9.13. The first kappa shape index (κ1) is 21.7. The molecule has 2 aromatic heterocycles. The summed E-state index contributed by atoms with van der Waals surface area (Å²) in [6, 6.07) is 16.4. The molecule has 0 atom stereocenters. The molecule has 0 bridgehead atoms. The molecule has 0 saturated heterocycles. The maximum Gasteiger partial charge on any atom is 0.329 e. The minimum Gasteiger partial charge on any atom is -0.294 e. The van der Waals surface area contributed by atoms with Gasteiger partial charge in [0.25, 0.3) is 0 Å². The van der Waals surface area contributed by atoms with Gasteiger partial charge in [0.2, 0.25) is 0 Å². The van der Waals surface area contributed by atoms with Gasteiger partial charge in [-0.2, -0.15) is 0 Å². The van der Waals surface area contributed by atoms with Gasteiger partial charge in [0.05, 0.1) is 6.54 Å². The van der Waals surface area contributed by atoms with Crippen molar-refractivity contribution in [1.82, 2.24) is 29.8 Å². The van der Waals surface area contributed by atoms with Crippen molar-refractivity contribution >= 4 is 0 Å². The third kappa shape index (κ3) is 4.42. The summed E-state index contributed by atoms with van der Waals surface area (Å²) in [4.78, 5) is 13.2. The van der Waals surface area contributed by atoms with Crippen molar-refractivity contribution in [3.63, 3.8) is 0 Å². The maximum atomic E-state index is 13.2. The van der Waals surface area contributed by atoms with E-state index in [1.165, 1.54) is 0 Å². The highest BCUT2D eigenvalue weighted by Crippen LogP contribution is 2.29. The molecule has 0 radical (unpaired) electrons. The first-order valence-corrected chi connectivity index (χ1v) is 11.1. The lowest BCUT2D eigenvalue weighted by Gasteiger charge is -2.19. The number of aromatic nitrogens is 6. The van der Waals surface area contributed by atoms with Gasteiger partial charge in [0, 0.05) is 23.0 Å². The summed E-state index contributed by atoms with van der Waals surface area (Å²) < 4.78 is 3.78. The summed E-state index contributed by atoms with van der Waals surface area (Å²) >= 11 is 0. The van der Waals surface area contributed by atoms with Crippen molar-refractivity contribution in [2.45, 2.75) is 59.0 Å². The van der Waals surface area contributed by atoms with Gasteiger partial charge in [-0.05, 0) is 60.7 Å². The van der Waals surface area contributed by atoms with Crippen LogP contribution in [-0.2, 0) is 18.5 Å². The van der Waals surface area contributed by atoms with Crippen molar-refractivity contribution in [3.05, 3.63) is 76.5 Å². The molecule has 1 N–H and O–H groups in total. The molecule has 7 nitrogen and oxygen atoms in total. The van der Waals surface area contributed by atoms with Gasteiger partial charge in [-0.15, -0.1) is 5.10 Å². The summed E-state index contributed by atoms with van der Waals surface area (Å²) in [5.74, 6) is 0.639. The summed E-state index contributed by atoms with van der Waals surface area (Å²) in [6.45, 7) is 8.94. The van der Waals surface area contributed by atoms with E-state index in [2.05, 4.69) is 78.7 Å². The topological polar surface area (TPSA) is 81.4 Å². The smallest absolute Gasteiger partial charge is 0.294 e. The Kier molecular flexibility index (Phi) is 6.08. The summed E-state index contributed by atoms with van der Waals surface area (Å²) in [7, 11) is 0. The summed E-state index contributed by atoms with van der Waals surface area (Å²) in [6.07, 6.45) is 5.11. The van der Waals surface area contributed by atoms with Crippen LogP contribution in [0.15, 0.2) is 59.5 Å². The van der Waals surface area contributed by atoms with Crippen LogP contribution in [0.5, 0.6) is 0 Å². The standard InChI is InChI=1S/C25H30N6O/c1-5-6-9-20-17-31(25(2,3)4)24(32)30(20)16-18-12-14-19(15-13-18)21-10-7-8-11-22(21)23-26-28-29-27-23/h7-8,10-15,17H,5-6,9,16H2,1-4H3,(H,26,27,28,29). The quantitative estimate of drug-likeness (QED) is 0.463. The van der Waals surface area contributed by atoms with E-state index in [0.717, 1.165) is 47.2 Å². The predicted molar refractivity (Wildman–Crippen MR) is 126 cm³/mol. The number of hydrogen-bond donors (Lipinski definition) is 1. The SMILES string of the molecule is CCCCc1cn(C(C)(C)C)c(=O)n1Cc1ccc(-c2ccccc2-c2nnn[nH]2)cc1. The molecular formula is C25H30N6O. The maximum absolute atomic E-state index is 13.2. The Morgan fingerprint density at radius 1 is 1.00 bits per heavy atom. The molecule has 4 rings (SSSR count). The van der Waals surface area contributed by atoms with Crippen LogP contribution < -0.4 is 5.69 Å². The molecule has 0 fully saturated rings. The highest BCUT2D eigenvalue weighted by molar-refractivity contribution is 5.80. The van der Waals surface area contributed by atoms with Crippen LogP contribution in [0.25, 0.3) is 22.5 Å². The van der Waals surface area contributed by atoms with E-state index in [4.69, 9.17) is 0 Å². The van der Waals surface area contributed by atoms with Crippen LogP contribution in [0.4, 0.5) is 0 Å². The Labute approximate surface area is 188 Å². The summed E-state index contributed by atoms with van der Waals surface area (Å²) in [5, 5.41) is 14.3. The van der Waals surface area contributed by atoms with Gasteiger partial charge in [0.1, 0.15) is 0 Å². The first-order chi connectivity index (χ1) is 15.4. The van der Waals surface area contributed by atoms with E-state index in [1.807, 2.05) is 33.5 Å². The molecule has 4 aromatic rings. The van der Waals surface area contributed by atoms with E-state index >= 15 is 0 Å². The highest BCUT2D eigenvalue weighted by Gasteiger charge is 2.20. The number of tetrazole rings is 1. The van der Waals surface area contributed by atoms with E-state index in [0.29, 0.717) is 12.4 Å². The number of hydrogen-bond acceptors (Lipinski definition) is 4. The predicted octanol–water partition coefficient (Wildman–Crippen LogP) is 4.64. The average Bonchev–Trinajstić information content (AvgIpc) is 3.42. The molecular weight excluding hydrogens is 400 g/mol. The van der Waals surface area contributed by atoms with Crippen molar-refractivity contribution in [2.24, 2.45) is 0 Å². The Hall–Kier alpha value is -3.48. The summed E-state index contributed by atoms with van der Waals surface area (Å²) in [5.41, 5.74) is 5.08. The van der Waals surface area contributed by atoms with Crippen LogP contribution in [0.3, 0.4) is 0 Å². The molecule has 7 heteroatoms. The van der Waals surface area contributed by atoms with Crippen LogP contribution in [0, 0.1) is 0 Å². The molecule has 2 aromatic carbocycles. The van der Waals surface area contributed by atoms with Crippen LogP contribution in [-0.4, -0.2) is 29.8 Å². The molecule has 32 heavy (non-hydrogen) atoms. The molecule has 0 amide bonds. The number of benzene rings is 2. The van der Waals surface area contributed by atoms with Crippen molar-refractivity contribution in [3.8, 4) is 22.5 Å². The Morgan fingerprint density at radius 2 is 1.72 bits per heavy atom. The Balaban J connectivity index is 1.65. The van der Waals surface area contributed by atoms with Crippen LogP contribution in [0.1, 0.15) is 51.8 Å². The Bertz CT molecular complexity index is 1230. The number of rotatable bonds is 7. The first-order valence-electron chi connectivity index (χ1n) is 11.1. The molecule has 0 unspecified atom stereocenters. The fraction of sp³-hybridized carbons (Fsp3) is 0.360. The van der Waals surface area contributed by atoms with E-state index in [-0.39, 0.29) is 11.2 Å². The number of H-pyrrole nitrogens is 1. The lowest BCUT2D eigenvalue weighted by atomic mass is 9.98. The van der Waals surface area contributed by atoms with Gasteiger partial charge in [-0.3, -0.25) is 9.13 Å². The molecule has 2 heterocycles. The van der Waals surface area contributed by atoms with Crippen molar-refractivity contribution in [1.29, 1.82) is 0 Å². The van der Waals surface area contributed by atoms with Crippen molar-refractivity contribution in [2.75, 3.05) is 0 Å². The van der Waals surface area contributed by atoms with E-state index in [1.54, 1.807) is 0 Å². The normalized spacial score (nSPS) is 11.8. The number of imidazole rings is 1. The molecule has 0 saturated carbocycles. The third-order valence-electron chi connectivity index (χ3n) is 5.70. The van der Waals surface area contributed by atoms with Gasteiger partial charge in [0.15, 0.2) is 5.82 Å². The second-order valence-electron chi connectivity index (χ2n) is 9.13. The number of nitrogens with one attached hydrogen (secondary N) is 1. The van der Waals surface area contributed by atoms with E-state index < -0.39 is 0 Å². The monoisotopic (exact) mass is 430 g/mol. The lowest BCUT2D eigenvalue weighted by molar-refractivity contribution is 0.380. The molecule has 0 spiro atoms. The van der Waals surface area contributed by atoms with Crippen LogP contribution >= 0.6 is 0 Å². The average molecular weight is 431 g/mol. The number of aromatic amines is 1. The molecule has 0 aliphatic carbocycles. The Morgan fingerprint density at radius 3 is 2.34 bits per heavy atom. The molecule has 0 aliphatic heterocycles. The van der Waals surface area contributed by atoms with Gasteiger partial charge in [-0.25, -0.2) is 9.89 Å². The van der Waals surface area contributed by atoms with Crippen LogP contribution in [0.2, 0.25) is 0 Å². The highest BCUT2D eigenvalue weighted by atomic mass is 16.1. The number of unbranched alkanes of at least 4 members (excludes halogenated alkanes) is 1. The van der Waals surface area contributed by atoms with Gasteiger partial charge >= 0.3 is 5.69 Å². The fourth-order valence-corrected chi connectivity index (χ4v) is 3.92. The molecule has 166 valence electrons. The zero-order valence-electron chi connectivity index (χ0n) is 19.2. The van der Waals surface area contributed by atoms with E-state index in [9.17, 15) is 4.79 Å². The minimum absolute atomic E-state index is 0.0517. The zero-order chi connectivity index (χ0) is 22.7. The third-order valence-corrected chi connectivity index (χ3v) is 5.70. The number of nitrogens with zero attached hydrogens (tertiary/aromatic N) is 5. The minimum atomic E-state index is -0.244. The largest absolute Gasteiger partial charge is 0.329 e. The number of aryl methyl sites for hydroxylation is 1. The zero-order valence-corrected chi connectivity index (χ0v) is 19.2. The van der Waals surface area contributed by atoms with Gasteiger partial charge < -0.3 is 0 Å².